The van der Waals surface area contributed by atoms with Gasteiger partial charge in [0.25, 0.3) is 0 Å². The summed E-state index contributed by atoms with van der Waals surface area (Å²) in [5.41, 5.74) is 1.67. The second-order valence-corrected chi connectivity index (χ2v) is 8.44. The van der Waals surface area contributed by atoms with E-state index in [2.05, 4.69) is 25.3 Å². The van der Waals surface area contributed by atoms with Crippen molar-refractivity contribution in [2.45, 2.75) is 26.5 Å². The van der Waals surface area contributed by atoms with Gasteiger partial charge in [-0.05, 0) is 11.5 Å². The molecule has 2 aromatic heterocycles. The Morgan fingerprint density at radius 3 is 2.52 bits per heavy atom. The number of carbonyl (C=O) groups is 2. The number of piperazine rings is 1. The lowest BCUT2D eigenvalue weighted by atomic mass is 10.0. The van der Waals surface area contributed by atoms with Crippen molar-refractivity contribution >= 4 is 28.9 Å². The first kappa shape index (κ1) is 22.5. The molecule has 4 rings (SSSR count). The van der Waals surface area contributed by atoms with Gasteiger partial charge < -0.3 is 19.9 Å². The van der Waals surface area contributed by atoms with Gasteiger partial charge in [0, 0.05) is 33.2 Å². The summed E-state index contributed by atoms with van der Waals surface area (Å²) in [5.74, 6) is 0.649. The SMILES string of the molecule is CC(C)[C@H](NC(=O)OCc1ccccc1)C(=O)N1CCN(c2ncnc3c2cnn3C)CC1. The fraction of sp³-hybridized carbons (Fsp3) is 0.435. The molecule has 0 aliphatic carbocycles. The van der Waals surface area contributed by atoms with Crippen LogP contribution in [-0.2, 0) is 23.2 Å². The Bertz CT molecular complexity index is 1110. The van der Waals surface area contributed by atoms with E-state index in [1.165, 1.54) is 6.33 Å². The van der Waals surface area contributed by atoms with Gasteiger partial charge in [-0.15, -0.1) is 0 Å². The molecule has 0 bridgehead atoms. The fourth-order valence-corrected chi connectivity index (χ4v) is 3.94. The van der Waals surface area contributed by atoms with E-state index in [9.17, 15) is 9.59 Å². The van der Waals surface area contributed by atoms with Crippen LogP contribution in [0.3, 0.4) is 0 Å². The van der Waals surface area contributed by atoms with Gasteiger partial charge in [0.2, 0.25) is 5.91 Å². The number of fused-ring (bicyclic) bond motifs is 1. The molecule has 1 aromatic carbocycles. The molecule has 0 unspecified atom stereocenters. The van der Waals surface area contributed by atoms with E-state index < -0.39 is 12.1 Å². The summed E-state index contributed by atoms with van der Waals surface area (Å²) in [6.07, 6.45) is 2.71. The van der Waals surface area contributed by atoms with Crippen LogP contribution in [0.2, 0.25) is 0 Å². The highest BCUT2D eigenvalue weighted by Gasteiger charge is 2.31. The molecule has 1 atom stereocenters. The lowest BCUT2D eigenvalue weighted by molar-refractivity contribution is -0.134. The number of amides is 2. The van der Waals surface area contributed by atoms with Gasteiger partial charge in [-0.1, -0.05) is 44.2 Å². The number of aryl methyl sites for hydroxylation is 1. The zero-order valence-electron chi connectivity index (χ0n) is 19.1. The van der Waals surface area contributed by atoms with Crippen LogP contribution in [-0.4, -0.2) is 68.9 Å². The molecule has 1 aliphatic rings. The standard InChI is InChI=1S/C23H29N7O3/c1-16(2)19(27-23(32)33-14-17-7-5-4-6-8-17)22(31)30-11-9-29(10-12-30)21-18-13-26-28(3)20(18)24-15-25-21/h4-8,13,15-16,19H,9-12,14H2,1-3H3,(H,27,32)/t19-/m0/s1. The fourth-order valence-electron chi connectivity index (χ4n) is 3.94. The van der Waals surface area contributed by atoms with Gasteiger partial charge in [-0.2, -0.15) is 5.10 Å². The average molecular weight is 452 g/mol. The summed E-state index contributed by atoms with van der Waals surface area (Å²) in [4.78, 5) is 38.2. The first-order valence-electron chi connectivity index (χ1n) is 11.1. The lowest BCUT2D eigenvalue weighted by Crippen LogP contribution is -2.56. The second kappa shape index (κ2) is 9.85. The Kier molecular flexibility index (Phi) is 6.71. The number of nitrogens with zero attached hydrogens (tertiary/aromatic N) is 6. The molecule has 33 heavy (non-hydrogen) atoms. The Labute approximate surface area is 192 Å². The molecule has 1 saturated heterocycles. The van der Waals surface area contributed by atoms with Crippen molar-refractivity contribution in [3.63, 3.8) is 0 Å². The number of alkyl carbamates (subject to hydrolysis) is 1. The number of hydrogen-bond donors (Lipinski definition) is 1. The van der Waals surface area contributed by atoms with Crippen LogP contribution in [0.25, 0.3) is 11.0 Å². The van der Waals surface area contributed by atoms with Gasteiger partial charge in [-0.3, -0.25) is 9.48 Å². The first-order valence-corrected chi connectivity index (χ1v) is 11.1. The monoisotopic (exact) mass is 451 g/mol. The van der Waals surface area contributed by atoms with E-state index in [0.29, 0.717) is 26.2 Å². The van der Waals surface area contributed by atoms with Gasteiger partial charge in [-0.25, -0.2) is 14.8 Å². The Hall–Kier alpha value is -3.69. The summed E-state index contributed by atoms with van der Waals surface area (Å²) in [7, 11) is 1.85. The van der Waals surface area contributed by atoms with Gasteiger partial charge in [0.05, 0.1) is 11.6 Å². The first-order chi connectivity index (χ1) is 15.9. The number of hydrogen-bond acceptors (Lipinski definition) is 7. The molecule has 3 aromatic rings. The van der Waals surface area contributed by atoms with Crippen molar-refractivity contribution < 1.29 is 14.3 Å². The van der Waals surface area contributed by atoms with E-state index in [4.69, 9.17) is 4.74 Å². The molecule has 0 radical (unpaired) electrons. The summed E-state index contributed by atoms with van der Waals surface area (Å²) < 4.78 is 7.03. The third-order valence-corrected chi connectivity index (χ3v) is 5.82. The number of benzene rings is 1. The molecule has 1 fully saturated rings. The molecule has 10 nitrogen and oxygen atoms in total. The minimum Gasteiger partial charge on any atom is -0.445 e. The molecule has 2 amide bonds. The van der Waals surface area contributed by atoms with Gasteiger partial charge in [0.1, 0.15) is 24.8 Å². The van der Waals surface area contributed by atoms with E-state index in [1.807, 2.05) is 51.2 Å². The Morgan fingerprint density at radius 2 is 1.82 bits per heavy atom. The van der Waals surface area contributed by atoms with Crippen LogP contribution < -0.4 is 10.2 Å². The maximum absolute atomic E-state index is 13.2. The second-order valence-electron chi connectivity index (χ2n) is 8.44. The molecule has 0 spiro atoms. The van der Waals surface area contributed by atoms with Crippen molar-refractivity contribution in [1.29, 1.82) is 0 Å². The van der Waals surface area contributed by atoms with Crippen molar-refractivity contribution in [1.82, 2.24) is 30.0 Å². The van der Waals surface area contributed by atoms with Crippen LogP contribution in [0.5, 0.6) is 0 Å². The highest BCUT2D eigenvalue weighted by atomic mass is 16.5. The summed E-state index contributed by atoms with van der Waals surface area (Å²) in [6, 6.07) is 8.79. The summed E-state index contributed by atoms with van der Waals surface area (Å²) in [6.45, 7) is 6.33. The molecular weight excluding hydrogens is 422 g/mol. The Morgan fingerprint density at radius 1 is 1.09 bits per heavy atom. The molecule has 3 heterocycles. The lowest BCUT2D eigenvalue weighted by Gasteiger charge is -2.37. The molecular formula is C23H29N7O3. The largest absolute Gasteiger partial charge is 0.445 e. The maximum atomic E-state index is 13.2. The predicted molar refractivity (Wildman–Crippen MR) is 123 cm³/mol. The molecule has 10 heteroatoms. The van der Waals surface area contributed by atoms with E-state index in [-0.39, 0.29) is 18.4 Å². The van der Waals surface area contributed by atoms with Crippen molar-refractivity contribution in [3.8, 4) is 0 Å². The predicted octanol–water partition coefficient (Wildman–Crippen LogP) is 1.96. The van der Waals surface area contributed by atoms with Crippen LogP contribution >= 0.6 is 0 Å². The number of rotatable bonds is 6. The smallest absolute Gasteiger partial charge is 0.408 e. The van der Waals surface area contributed by atoms with Crippen molar-refractivity contribution in [2.75, 3.05) is 31.1 Å². The third kappa shape index (κ3) is 5.05. The topological polar surface area (TPSA) is 105 Å². The number of anilines is 1. The minimum absolute atomic E-state index is 0.0725. The van der Waals surface area contributed by atoms with Crippen LogP contribution in [0.15, 0.2) is 42.9 Å². The minimum atomic E-state index is -0.649. The number of carbonyl (C=O) groups excluding carboxylic acids is 2. The highest BCUT2D eigenvalue weighted by Crippen LogP contribution is 2.23. The van der Waals surface area contributed by atoms with Crippen LogP contribution in [0.4, 0.5) is 10.6 Å². The average Bonchev–Trinajstić information content (AvgIpc) is 3.22. The number of ether oxygens (including phenoxy) is 1. The quantitative estimate of drug-likeness (QED) is 0.611. The van der Waals surface area contributed by atoms with Crippen LogP contribution in [0.1, 0.15) is 19.4 Å². The van der Waals surface area contributed by atoms with Gasteiger partial charge in [0.15, 0.2) is 5.65 Å². The zero-order valence-corrected chi connectivity index (χ0v) is 19.1. The number of aromatic nitrogens is 4. The molecule has 0 saturated carbocycles. The molecule has 174 valence electrons. The van der Waals surface area contributed by atoms with Crippen molar-refractivity contribution in [2.24, 2.45) is 13.0 Å². The molecule has 1 N–H and O–H groups in total. The normalized spacial score (nSPS) is 15.0. The summed E-state index contributed by atoms with van der Waals surface area (Å²) >= 11 is 0. The Balaban J connectivity index is 1.35. The maximum Gasteiger partial charge on any atom is 0.408 e. The van der Waals surface area contributed by atoms with E-state index in [0.717, 1.165) is 22.4 Å². The van der Waals surface area contributed by atoms with E-state index in [1.54, 1.807) is 15.8 Å². The zero-order chi connectivity index (χ0) is 23.4. The summed E-state index contributed by atoms with van der Waals surface area (Å²) in [5, 5.41) is 7.92. The van der Waals surface area contributed by atoms with Crippen molar-refractivity contribution in [3.05, 3.63) is 48.4 Å². The van der Waals surface area contributed by atoms with Gasteiger partial charge >= 0.3 is 6.09 Å². The highest BCUT2D eigenvalue weighted by molar-refractivity contribution is 5.88. The molecule has 1 aliphatic heterocycles. The van der Waals surface area contributed by atoms with Crippen LogP contribution in [0, 0.1) is 5.92 Å². The van der Waals surface area contributed by atoms with E-state index >= 15 is 0 Å². The number of nitrogens with one attached hydrogen (secondary N) is 1. The third-order valence-electron chi connectivity index (χ3n) is 5.82.